The molecule has 4 fully saturated rings. The monoisotopic (exact) mass is 854 g/mol. The first kappa shape index (κ1) is 42.7. The van der Waals surface area contributed by atoms with Crippen molar-refractivity contribution >= 4 is 40.9 Å². The molecule has 1 aromatic heterocycles. The van der Waals surface area contributed by atoms with Gasteiger partial charge in [-0.15, -0.1) is 0 Å². The number of benzene rings is 2. The van der Waals surface area contributed by atoms with Gasteiger partial charge in [0.25, 0.3) is 17.7 Å². The third-order valence-electron chi connectivity index (χ3n) is 13.4. The summed E-state index contributed by atoms with van der Waals surface area (Å²) in [5.41, 5.74) is -0.206. The van der Waals surface area contributed by atoms with Gasteiger partial charge in [-0.2, -0.15) is 18.4 Å². The Hall–Kier alpha value is -6.02. The van der Waals surface area contributed by atoms with Crippen LogP contribution < -0.4 is 25.2 Å². The highest BCUT2D eigenvalue weighted by Gasteiger charge is 2.64. The minimum Gasteiger partial charge on any atom is -0.488 e. The number of nitriles is 1. The van der Waals surface area contributed by atoms with Crippen LogP contribution in [0.15, 0.2) is 54.7 Å². The second-order valence-corrected chi connectivity index (χ2v) is 18.2. The molecule has 326 valence electrons. The van der Waals surface area contributed by atoms with Gasteiger partial charge in [-0.1, -0.05) is 27.7 Å². The Balaban J connectivity index is 0.794. The lowest BCUT2D eigenvalue weighted by molar-refractivity contribution is -0.165. The number of hydrogen-bond acceptors (Lipinski definition) is 11. The Kier molecular flexibility index (Phi) is 11.0. The van der Waals surface area contributed by atoms with Crippen LogP contribution in [0.5, 0.6) is 5.75 Å². The van der Waals surface area contributed by atoms with E-state index in [-0.39, 0.29) is 41.7 Å². The SMILES string of the molecule is CC1(C)C(NC(=O)c2ccc(N3CCN(CC4CCN(c5ccc6c(c5)C(=O)N(C5CCC(=O)NC5=O)C6=O)CC4)CC3)cc2)C(C)(C)C1Oc1cnc(C#N)c(C(F)(F)F)c1. The van der Waals surface area contributed by atoms with Crippen molar-refractivity contribution in [2.45, 2.75) is 77.7 Å². The van der Waals surface area contributed by atoms with Crippen LogP contribution in [-0.4, -0.2) is 108 Å². The summed E-state index contributed by atoms with van der Waals surface area (Å²) < 4.78 is 46.7. The van der Waals surface area contributed by atoms with E-state index in [4.69, 9.17) is 10.00 Å². The summed E-state index contributed by atoms with van der Waals surface area (Å²) in [5, 5.41) is 14.5. The van der Waals surface area contributed by atoms with Crippen molar-refractivity contribution in [1.82, 2.24) is 25.4 Å². The number of carbonyl (C=O) groups excluding carboxylic acids is 5. The quantitative estimate of drug-likeness (QED) is 0.278. The Morgan fingerprint density at radius 1 is 0.871 bits per heavy atom. The number of pyridine rings is 1. The molecule has 62 heavy (non-hydrogen) atoms. The molecule has 17 heteroatoms. The van der Waals surface area contributed by atoms with E-state index in [1.807, 2.05) is 58.0 Å². The largest absolute Gasteiger partial charge is 0.488 e. The molecule has 3 saturated heterocycles. The van der Waals surface area contributed by atoms with Gasteiger partial charge < -0.3 is 19.9 Å². The highest BCUT2D eigenvalue weighted by Crippen LogP contribution is 2.55. The molecule has 1 unspecified atom stereocenters. The number of imide groups is 2. The fraction of sp³-hybridized carbons (Fsp3) is 0.489. The third kappa shape index (κ3) is 7.84. The van der Waals surface area contributed by atoms with Gasteiger partial charge in [-0.05, 0) is 73.7 Å². The number of ether oxygens (including phenoxy) is 1. The van der Waals surface area contributed by atoms with Gasteiger partial charge in [0, 0.05) is 86.0 Å². The van der Waals surface area contributed by atoms with Crippen LogP contribution >= 0.6 is 0 Å². The Morgan fingerprint density at radius 2 is 1.50 bits per heavy atom. The van der Waals surface area contributed by atoms with Crippen molar-refractivity contribution < 1.29 is 41.9 Å². The predicted octanol–water partition coefficient (Wildman–Crippen LogP) is 5.02. The maximum Gasteiger partial charge on any atom is 0.419 e. The summed E-state index contributed by atoms with van der Waals surface area (Å²) in [6.07, 6.45) is -2.03. The lowest BCUT2D eigenvalue weighted by atomic mass is 9.49. The molecule has 5 amide bonds. The number of fused-ring (bicyclic) bond motifs is 1. The molecule has 2 N–H and O–H groups in total. The number of piperazine rings is 1. The maximum absolute atomic E-state index is 13.6. The molecule has 8 rings (SSSR count). The number of carbonyl (C=O) groups is 5. The van der Waals surface area contributed by atoms with Crippen LogP contribution in [0.3, 0.4) is 0 Å². The molecular weight excluding hydrogens is 806 g/mol. The van der Waals surface area contributed by atoms with E-state index >= 15 is 0 Å². The van der Waals surface area contributed by atoms with Gasteiger partial charge >= 0.3 is 6.18 Å². The smallest absolute Gasteiger partial charge is 0.419 e. The number of nitrogens with zero attached hydrogens (tertiary/aromatic N) is 6. The zero-order chi connectivity index (χ0) is 44.3. The normalized spacial score (nSPS) is 24.0. The second kappa shape index (κ2) is 16.0. The van der Waals surface area contributed by atoms with Crippen LogP contribution in [0.4, 0.5) is 24.5 Å². The fourth-order valence-corrected chi connectivity index (χ4v) is 10.4. The highest BCUT2D eigenvalue weighted by molar-refractivity contribution is 6.23. The van der Waals surface area contributed by atoms with Crippen LogP contribution in [0.25, 0.3) is 0 Å². The molecule has 0 bridgehead atoms. The molecule has 5 heterocycles. The number of amides is 5. The zero-order valence-electron chi connectivity index (χ0n) is 35.1. The van der Waals surface area contributed by atoms with E-state index in [0.717, 1.165) is 87.2 Å². The number of hydrogen-bond donors (Lipinski definition) is 2. The Morgan fingerprint density at radius 3 is 2.13 bits per heavy atom. The maximum atomic E-state index is 13.6. The summed E-state index contributed by atoms with van der Waals surface area (Å²) >= 11 is 0. The van der Waals surface area contributed by atoms with E-state index < -0.39 is 64.0 Å². The van der Waals surface area contributed by atoms with Gasteiger partial charge in [0.1, 0.15) is 24.0 Å². The van der Waals surface area contributed by atoms with Crippen LogP contribution in [0.2, 0.25) is 0 Å². The summed E-state index contributed by atoms with van der Waals surface area (Å²) in [5.74, 6) is -1.89. The number of nitrogens with one attached hydrogen (secondary N) is 2. The van der Waals surface area contributed by atoms with Gasteiger partial charge in [-0.3, -0.25) is 39.1 Å². The molecule has 1 saturated carbocycles. The molecule has 1 aliphatic carbocycles. The minimum atomic E-state index is -4.76. The summed E-state index contributed by atoms with van der Waals surface area (Å²) in [6, 6.07) is 13.7. The number of piperidine rings is 2. The van der Waals surface area contributed by atoms with E-state index in [9.17, 15) is 37.1 Å². The molecule has 5 aliphatic rings. The molecule has 14 nitrogen and oxygen atoms in total. The average molecular weight is 855 g/mol. The number of halogens is 3. The molecule has 2 aromatic carbocycles. The van der Waals surface area contributed by atoms with Gasteiger partial charge in [0.05, 0.1) is 22.9 Å². The minimum absolute atomic E-state index is 0.0742. The van der Waals surface area contributed by atoms with E-state index in [1.165, 1.54) is 6.07 Å². The van der Waals surface area contributed by atoms with E-state index in [2.05, 4.69) is 30.3 Å². The van der Waals surface area contributed by atoms with Crippen molar-refractivity contribution in [3.63, 3.8) is 0 Å². The van der Waals surface area contributed by atoms with Gasteiger partial charge in [0.2, 0.25) is 11.8 Å². The van der Waals surface area contributed by atoms with Crippen LogP contribution in [0.1, 0.15) is 95.7 Å². The van der Waals surface area contributed by atoms with Crippen molar-refractivity contribution in [1.29, 1.82) is 5.26 Å². The van der Waals surface area contributed by atoms with Crippen molar-refractivity contribution in [2.24, 2.45) is 16.7 Å². The molecule has 0 radical (unpaired) electrons. The number of rotatable bonds is 9. The molecule has 3 aromatic rings. The molecule has 4 aliphatic heterocycles. The van der Waals surface area contributed by atoms with Crippen molar-refractivity contribution in [3.05, 3.63) is 82.7 Å². The zero-order valence-corrected chi connectivity index (χ0v) is 35.1. The van der Waals surface area contributed by atoms with Crippen LogP contribution in [-0.2, 0) is 15.8 Å². The first-order valence-electron chi connectivity index (χ1n) is 21.0. The lowest BCUT2D eigenvalue weighted by Gasteiger charge is -2.63. The summed E-state index contributed by atoms with van der Waals surface area (Å²) in [4.78, 5) is 75.7. The lowest BCUT2D eigenvalue weighted by Crippen LogP contribution is -2.74. The second-order valence-electron chi connectivity index (χ2n) is 18.2. The fourth-order valence-electron chi connectivity index (χ4n) is 10.4. The molecule has 1 atom stereocenters. The van der Waals surface area contributed by atoms with Gasteiger partial charge in [0.15, 0.2) is 5.69 Å². The average Bonchev–Trinajstić information content (AvgIpc) is 3.49. The van der Waals surface area contributed by atoms with Gasteiger partial charge in [-0.25, -0.2) is 4.98 Å². The topological polar surface area (TPSA) is 168 Å². The number of aromatic nitrogens is 1. The molecule has 0 spiro atoms. The van der Waals surface area contributed by atoms with Crippen LogP contribution in [0, 0.1) is 28.1 Å². The highest BCUT2D eigenvalue weighted by atomic mass is 19.4. The predicted molar refractivity (Wildman–Crippen MR) is 220 cm³/mol. The summed E-state index contributed by atoms with van der Waals surface area (Å²) in [6.45, 7) is 13.7. The van der Waals surface area contributed by atoms with E-state index in [0.29, 0.717) is 11.5 Å². The summed E-state index contributed by atoms with van der Waals surface area (Å²) in [7, 11) is 0. The van der Waals surface area contributed by atoms with Crippen molar-refractivity contribution in [3.8, 4) is 11.8 Å². The Labute approximate surface area is 357 Å². The third-order valence-corrected chi connectivity index (χ3v) is 13.4. The number of anilines is 2. The Bertz CT molecular complexity index is 2330. The standard InChI is InChI=1S/C45H49F3N8O6/c1-43(2)41(44(3,4)42(43)62-30-22-33(45(46,47)48)34(23-49)50-24-30)52-37(58)27-5-7-28(8-6-27)55-19-17-53(18-20-55)25-26-13-15-54(16-14-26)29-9-10-31-32(21-29)40(61)56(39(31)60)35-11-12-36(57)51-38(35)59/h5-10,21-22,24,26,35,41-42H,11-20,25H2,1-4H3,(H,52,58)(H,51,57,59). The number of alkyl halides is 3. The first-order chi connectivity index (χ1) is 29.4. The first-order valence-corrected chi connectivity index (χ1v) is 21.0. The van der Waals surface area contributed by atoms with Crippen molar-refractivity contribution in [2.75, 3.05) is 55.6 Å². The van der Waals surface area contributed by atoms with E-state index in [1.54, 1.807) is 12.1 Å². The molecular formula is C45H49F3N8O6.